The van der Waals surface area contributed by atoms with Gasteiger partial charge in [0, 0.05) is 34.8 Å². The van der Waals surface area contributed by atoms with Gasteiger partial charge in [-0.05, 0) is 43.5 Å². The number of fused-ring (bicyclic) bond motifs is 1. The van der Waals surface area contributed by atoms with E-state index in [1.165, 1.54) is 16.6 Å². The zero-order valence-electron chi connectivity index (χ0n) is 13.5. The van der Waals surface area contributed by atoms with Crippen molar-refractivity contribution < 1.29 is 18.0 Å². The number of alkyl halides is 3. The number of aromatic nitrogens is 1. The summed E-state index contributed by atoms with van der Waals surface area (Å²) in [6.07, 6.45) is -0.433. The molecule has 3 heterocycles. The van der Waals surface area contributed by atoms with E-state index in [9.17, 15) is 18.0 Å². The highest BCUT2D eigenvalue weighted by Gasteiger charge is 2.30. The maximum absolute atomic E-state index is 12.1. The Bertz CT molecular complexity index is 710. The number of halogens is 3. The summed E-state index contributed by atoms with van der Waals surface area (Å²) in [5.41, 5.74) is 2.15. The molecule has 0 spiro atoms. The van der Waals surface area contributed by atoms with E-state index in [-0.39, 0.29) is 5.78 Å². The van der Waals surface area contributed by atoms with Gasteiger partial charge >= 0.3 is 6.18 Å². The Kier molecular flexibility index (Phi) is 6.12. The van der Waals surface area contributed by atoms with Gasteiger partial charge in [-0.1, -0.05) is 6.92 Å². The molecule has 2 aromatic rings. The first kappa shape index (κ1) is 18.6. The van der Waals surface area contributed by atoms with Gasteiger partial charge in [0.05, 0.1) is 5.56 Å². The summed E-state index contributed by atoms with van der Waals surface area (Å²) in [6.45, 7) is 5.37. The van der Waals surface area contributed by atoms with E-state index < -0.39 is 11.7 Å². The normalized spacial score (nSPS) is 13.7. The third-order valence-electron chi connectivity index (χ3n) is 3.73. The monoisotopic (exact) mass is 356 g/mol. The lowest BCUT2D eigenvalue weighted by Crippen LogP contribution is -2.23. The van der Waals surface area contributed by atoms with Gasteiger partial charge < -0.3 is 5.32 Å². The number of carbonyl (C=O) groups is 1. The predicted molar refractivity (Wildman–Crippen MR) is 88.4 cm³/mol. The van der Waals surface area contributed by atoms with Crippen molar-refractivity contribution >= 4 is 17.1 Å². The van der Waals surface area contributed by atoms with Crippen molar-refractivity contribution in [2.24, 2.45) is 0 Å². The van der Waals surface area contributed by atoms with E-state index in [0.717, 1.165) is 37.3 Å². The first-order chi connectivity index (χ1) is 11.3. The summed E-state index contributed by atoms with van der Waals surface area (Å²) in [5.74, 6) is 0.203. The second-order valence-corrected chi connectivity index (χ2v) is 6.43. The number of rotatable bonds is 2. The molecule has 1 aliphatic heterocycles. The van der Waals surface area contributed by atoms with Crippen molar-refractivity contribution in [1.82, 2.24) is 10.3 Å². The van der Waals surface area contributed by atoms with E-state index in [2.05, 4.69) is 10.3 Å². The third kappa shape index (κ3) is 4.64. The van der Waals surface area contributed by atoms with Gasteiger partial charge in [-0.2, -0.15) is 13.2 Å². The number of Topliss-reactive ketones (excluding diaryl/α,β-unsaturated/α-hetero) is 1. The molecule has 1 N–H and O–H groups in total. The molecule has 0 aromatic carbocycles. The Balaban J connectivity index is 0.000000174. The van der Waals surface area contributed by atoms with Crippen LogP contribution in [0.25, 0.3) is 0 Å². The number of hydrogen-bond donors (Lipinski definition) is 1. The summed E-state index contributed by atoms with van der Waals surface area (Å²) < 4.78 is 36.2. The van der Waals surface area contributed by atoms with Crippen molar-refractivity contribution in [2.75, 3.05) is 6.54 Å². The molecule has 130 valence electrons. The number of nitrogens with zero attached hydrogens (tertiary/aromatic N) is 1. The fraction of sp³-hybridized carbons (Fsp3) is 0.412. The van der Waals surface area contributed by atoms with E-state index in [0.29, 0.717) is 12.0 Å². The van der Waals surface area contributed by atoms with Crippen LogP contribution in [-0.4, -0.2) is 17.3 Å². The van der Waals surface area contributed by atoms with Crippen LogP contribution in [-0.2, 0) is 25.6 Å². The first-order valence-electron chi connectivity index (χ1n) is 7.65. The molecule has 24 heavy (non-hydrogen) atoms. The number of hydrogen-bond acceptors (Lipinski definition) is 4. The summed E-state index contributed by atoms with van der Waals surface area (Å²) >= 11 is 1.70. The molecule has 0 saturated heterocycles. The summed E-state index contributed by atoms with van der Waals surface area (Å²) in [6, 6.07) is 1.12. The molecule has 0 bridgehead atoms. The van der Waals surface area contributed by atoms with Crippen LogP contribution in [0.15, 0.2) is 23.8 Å². The molecule has 7 heteroatoms. The fourth-order valence-electron chi connectivity index (χ4n) is 2.39. The van der Waals surface area contributed by atoms with E-state index >= 15 is 0 Å². The van der Waals surface area contributed by atoms with Gasteiger partial charge in [0.1, 0.15) is 0 Å². The van der Waals surface area contributed by atoms with Crippen LogP contribution in [0.3, 0.4) is 0 Å². The highest BCUT2D eigenvalue weighted by Crippen LogP contribution is 2.29. The Labute approximate surface area is 142 Å². The van der Waals surface area contributed by atoms with Crippen molar-refractivity contribution in [2.45, 2.75) is 39.4 Å². The lowest BCUT2D eigenvalue weighted by molar-refractivity contribution is -0.137. The van der Waals surface area contributed by atoms with Gasteiger partial charge in [0.25, 0.3) is 0 Å². The van der Waals surface area contributed by atoms with Gasteiger partial charge in [0.2, 0.25) is 0 Å². The summed E-state index contributed by atoms with van der Waals surface area (Å²) in [5, 5.41) is 5.28. The number of pyridine rings is 1. The molecule has 0 atom stereocenters. The largest absolute Gasteiger partial charge is 0.417 e. The standard InChI is InChI=1S/C9H11NOS.C8H8F3N/c1-6(11)8-5-12-9-4-10-3-2-7(8)9;1-2-6-3-7(5-12-4-6)8(9,10)11/h5,10H,2-4H2,1H3;3-5H,2H2,1H3. The predicted octanol–water partition coefficient (Wildman–Crippen LogP) is 4.26. The van der Waals surface area contributed by atoms with Crippen LogP contribution < -0.4 is 5.32 Å². The Morgan fingerprint density at radius 3 is 2.75 bits per heavy atom. The molecule has 2 aromatic heterocycles. The molecule has 0 saturated carbocycles. The number of nitrogens with one attached hydrogen (secondary N) is 1. The number of thiophene rings is 1. The van der Waals surface area contributed by atoms with E-state index in [1.54, 1.807) is 25.2 Å². The molecule has 3 nitrogen and oxygen atoms in total. The van der Waals surface area contributed by atoms with Gasteiger partial charge in [0.15, 0.2) is 5.78 Å². The molecule has 1 aliphatic rings. The lowest BCUT2D eigenvalue weighted by atomic mass is 10.0. The summed E-state index contributed by atoms with van der Waals surface area (Å²) in [7, 11) is 0. The lowest BCUT2D eigenvalue weighted by Gasteiger charge is -2.13. The quantitative estimate of drug-likeness (QED) is 0.818. The minimum absolute atomic E-state index is 0.203. The second kappa shape index (κ2) is 7.90. The van der Waals surface area contributed by atoms with Crippen molar-refractivity contribution in [1.29, 1.82) is 0 Å². The molecule has 0 aliphatic carbocycles. The van der Waals surface area contributed by atoms with Gasteiger partial charge in [-0.25, -0.2) is 0 Å². The Hall–Kier alpha value is -1.73. The Morgan fingerprint density at radius 1 is 1.38 bits per heavy atom. The Morgan fingerprint density at radius 2 is 2.12 bits per heavy atom. The van der Waals surface area contributed by atoms with Crippen LogP contribution in [0.5, 0.6) is 0 Å². The molecule has 0 fully saturated rings. The zero-order valence-corrected chi connectivity index (χ0v) is 14.4. The average Bonchev–Trinajstić information content (AvgIpc) is 2.99. The maximum atomic E-state index is 12.1. The van der Waals surface area contributed by atoms with Crippen molar-refractivity contribution in [3.05, 3.63) is 51.0 Å². The molecule has 0 unspecified atom stereocenters. The first-order valence-corrected chi connectivity index (χ1v) is 8.53. The van der Waals surface area contributed by atoms with Gasteiger partial charge in [-0.3, -0.25) is 9.78 Å². The third-order valence-corrected chi connectivity index (χ3v) is 4.76. The van der Waals surface area contributed by atoms with Crippen molar-refractivity contribution in [3.63, 3.8) is 0 Å². The van der Waals surface area contributed by atoms with Crippen LogP contribution in [0, 0.1) is 0 Å². The fourth-order valence-corrected chi connectivity index (χ4v) is 3.50. The summed E-state index contributed by atoms with van der Waals surface area (Å²) in [4.78, 5) is 16.0. The van der Waals surface area contributed by atoms with Crippen LogP contribution in [0.1, 0.15) is 45.8 Å². The minimum Gasteiger partial charge on any atom is -0.312 e. The molecular weight excluding hydrogens is 337 g/mol. The van der Waals surface area contributed by atoms with Gasteiger partial charge in [-0.15, -0.1) is 11.3 Å². The van der Waals surface area contributed by atoms with Crippen LogP contribution in [0.2, 0.25) is 0 Å². The number of ketones is 1. The van der Waals surface area contributed by atoms with Crippen LogP contribution >= 0.6 is 11.3 Å². The minimum atomic E-state index is -4.28. The highest BCUT2D eigenvalue weighted by molar-refractivity contribution is 7.10. The highest BCUT2D eigenvalue weighted by atomic mass is 32.1. The van der Waals surface area contributed by atoms with Crippen LogP contribution in [0.4, 0.5) is 13.2 Å². The average molecular weight is 356 g/mol. The maximum Gasteiger partial charge on any atom is 0.417 e. The topological polar surface area (TPSA) is 42.0 Å². The van der Waals surface area contributed by atoms with Crippen molar-refractivity contribution in [3.8, 4) is 0 Å². The molecule has 0 radical (unpaired) electrons. The number of aryl methyl sites for hydroxylation is 1. The number of carbonyl (C=O) groups excluding carboxylic acids is 1. The zero-order chi connectivity index (χ0) is 17.7. The van der Waals surface area contributed by atoms with E-state index in [4.69, 9.17) is 0 Å². The smallest absolute Gasteiger partial charge is 0.312 e. The molecule has 0 amide bonds. The SMILES string of the molecule is CC(=O)c1csc2c1CCNC2.CCc1cncc(C(F)(F)F)c1. The second-order valence-electron chi connectivity index (χ2n) is 5.47. The van der Waals surface area contributed by atoms with E-state index in [1.807, 2.05) is 5.38 Å². The molecule has 3 rings (SSSR count). The molecular formula is C17H19F3N2OS.